The Kier molecular flexibility index (Phi) is 3.91. The van der Waals surface area contributed by atoms with Crippen LogP contribution >= 0.6 is 0 Å². The molecule has 0 unspecified atom stereocenters. The Morgan fingerprint density at radius 2 is 1.72 bits per heavy atom. The third-order valence-electron chi connectivity index (χ3n) is 3.80. The third-order valence-corrected chi connectivity index (χ3v) is 3.80. The molecule has 3 heteroatoms. The Balaban J connectivity index is 2.26. The fourth-order valence-corrected chi connectivity index (χ4v) is 2.59. The number of rotatable bonds is 2. The predicted octanol–water partition coefficient (Wildman–Crippen LogP) is 3.01. The molecule has 100 valence electrons. The molecule has 1 fully saturated rings. The summed E-state index contributed by atoms with van der Waals surface area (Å²) >= 11 is 0. The van der Waals surface area contributed by atoms with E-state index in [9.17, 15) is 4.39 Å². The van der Waals surface area contributed by atoms with Gasteiger partial charge in [0.05, 0.1) is 5.69 Å². The topological polar surface area (TPSA) is 6.48 Å². The molecule has 0 saturated carbocycles. The molecule has 0 N–H and O–H groups in total. The van der Waals surface area contributed by atoms with Gasteiger partial charge in [0.25, 0.3) is 0 Å². The first kappa shape index (κ1) is 13.3. The van der Waals surface area contributed by atoms with E-state index in [1.165, 1.54) is 5.56 Å². The minimum absolute atomic E-state index is 0.0751. The van der Waals surface area contributed by atoms with Gasteiger partial charge in [-0.15, -0.1) is 0 Å². The molecule has 0 spiro atoms. The summed E-state index contributed by atoms with van der Waals surface area (Å²) in [4.78, 5) is 4.44. The number of anilines is 1. The van der Waals surface area contributed by atoms with Crippen LogP contribution in [0.2, 0.25) is 0 Å². The molecule has 2 nitrogen and oxygen atoms in total. The molecule has 0 bridgehead atoms. The lowest BCUT2D eigenvalue weighted by Crippen LogP contribution is -2.44. The van der Waals surface area contributed by atoms with E-state index in [4.69, 9.17) is 0 Å². The van der Waals surface area contributed by atoms with Crippen molar-refractivity contribution in [3.8, 4) is 0 Å². The highest BCUT2D eigenvalue weighted by molar-refractivity contribution is 5.53. The smallest absolute Gasteiger partial charge is 0.146 e. The molecule has 0 radical (unpaired) electrons. The van der Waals surface area contributed by atoms with Gasteiger partial charge in [-0.3, -0.25) is 0 Å². The van der Waals surface area contributed by atoms with E-state index >= 15 is 0 Å². The predicted molar refractivity (Wildman–Crippen MR) is 74.9 cm³/mol. The highest BCUT2D eigenvalue weighted by Gasteiger charge is 2.19. The molecule has 1 aliphatic heterocycles. The standard InChI is InChI=1S/C15H23FN2/c1-11(2)13-10-14(16)15(9-12(13)3)18-7-5-17(4)6-8-18/h9-11H,5-8H2,1-4H3. The van der Waals surface area contributed by atoms with E-state index in [1.54, 1.807) is 6.07 Å². The fraction of sp³-hybridized carbons (Fsp3) is 0.600. The van der Waals surface area contributed by atoms with Crippen LogP contribution in [0.5, 0.6) is 0 Å². The highest BCUT2D eigenvalue weighted by Crippen LogP contribution is 2.28. The first-order valence-corrected chi connectivity index (χ1v) is 6.72. The number of piperazine rings is 1. The molecule has 1 heterocycles. The SMILES string of the molecule is Cc1cc(N2CCN(C)CC2)c(F)cc1C(C)C. The van der Waals surface area contributed by atoms with Crippen LogP contribution in [0.1, 0.15) is 30.9 Å². The van der Waals surface area contributed by atoms with E-state index in [0.29, 0.717) is 5.92 Å². The lowest BCUT2D eigenvalue weighted by Gasteiger charge is -2.34. The average Bonchev–Trinajstić information content (AvgIpc) is 2.32. The largest absolute Gasteiger partial charge is 0.367 e. The quantitative estimate of drug-likeness (QED) is 0.796. The van der Waals surface area contributed by atoms with Gasteiger partial charge in [0.2, 0.25) is 0 Å². The molecule has 0 aromatic heterocycles. The van der Waals surface area contributed by atoms with Gasteiger partial charge >= 0.3 is 0 Å². The Morgan fingerprint density at radius 3 is 2.28 bits per heavy atom. The summed E-state index contributed by atoms with van der Waals surface area (Å²) < 4.78 is 14.2. The average molecular weight is 250 g/mol. The Morgan fingerprint density at radius 1 is 1.11 bits per heavy atom. The number of aryl methyl sites for hydroxylation is 1. The van der Waals surface area contributed by atoms with Crippen LogP contribution in [0.4, 0.5) is 10.1 Å². The zero-order chi connectivity index (χ0) is 13.3. The first-order chi connectivity index (χ1) is 8.49. The maximum Gasteiger partial charge on any atom is 0.146 e. The summed E-state index contributed by atoms with van der Waals surface area (Å²) in [6.07, 6.45) is 0. The summed E-state index contributed by atoms with van der Waals surface area (Å²) in [6.45, 7) is 10.1. The van der Waals surface area contributed by atoms with Crippen molar-refractivity contribution < 1.29 is 4.39 Å². The zero-order valence-electron chi connectivity index (χ0n) is 11.8. The van der Waals surface area contributed by atoms with Crippen LogP contribution in [-0.4, -0.2) is 38.1 Å². The Bertz CT molecular complexity index is 421. The van der Waals surface area contributed by atoms with Crippen LogP contribution in [0.3, 0.4) is 0 Å². The Labute approximate surface area is 109 Å². The van der Waals surface area contributed by atoms with E-state index in [2.05, 4.69) is 37.6 Å². The van der Waals surface area contributed by atoms with E-state index in [-0.39, 0.29) is 5.82 Å². The molecule has 1 aromatic carbocycles. The molecular weight excluding hydrogens is 227 g/mol. The van der Waals surface area contributed by atoms with Gasteiger partial charge in [0.1, 0.15) is 5.82 Å². The van der Waals surface area contributed by atoms with Gasteiger partial charge in [-0.05, 0) is 43.1 Å². The minimum atomic E-state index is -0.0751. The second-order valence-electron chi connectivity index (χ2n) is 5.61. The lowest BCUT2D eigenvalue weighted by atomic mass is 9.97. The summed E-state index contributed by atoms with van der Waals surface area (Å²) in [7, 11) is 2.11. The van der Waals surface area contributed by atoms with Crippen LogP contribution in [0.15, 0.2) is 12.1 Å². The van der Waals surface area contributed by atoms with E-state index in [1.807, 2.05) is 6.07 Å². The van der Waals surface area contributed by atoms with Gasteiger partial charge in [0.15, 0.2) is 0 Å². The molecule has 0 amide bonds. The van der Waals surface area contributed by atoms with Crippen LogP contribution in [-0.2, 0) is 0 Å². The van der Waals surface area contributed by atoms with E-state index in [0.717, 1.165) is 37.4 Å². The normalized spacial score (nSPS) is 17.6. The van der Waals surface area contributed by atoms with Gasteiger partial charge in [-0.25, -0.2) is 4.39 Å². The number of halogens is 1. The summed E-state index contributed by atoms with van der Waals surface area (Å²) in [5.41, 5.74) is 3.08. The second kappa shape index (κ2) is 5.27. The van der Waals surface area contributed by atoms with Gasteiger partial charge in [-0.1, -0.05) is 13.8 Å². The summed E-state index contributed by atoms with van der Waals surface area (Å²) in [6, 6.07) is 3.73. The molecule has 2 rings (SSSR count). The number of nitrogens with zero attached hydrogens (tertiary/aromatic N) is 2. The molecule has 0 aliphatic carbocycles. The number of hydrogen-bond donors (Lipinski definition) is 0. The van der Waals surface area contributed by atoms with Gasteiger partial charge in [0, 0.05) is 26.2 Å². The minimum Gasteiger partial charge on any atom is -0.367 e. The fourth-order valence-electron chi connectivity index (χ4n) is 2.59. The molecule has 1 aliphatic rings. The van der Waals surface area contributed by atoms with Crippen molar-refractivity contribution in [2.45, 2.75) is 26.7 Å². The van der Waals surface area contributed by atoms with Crippen LogP contribution in [0, 0.1) is 12.7 Å². The van der Waals surface area contributed by atoms with Crippen molar-refractivity contribution in [3.63, 3.8) is 0 Å². The van der Waals surface area contributed by atoms with Crippen molar-refractivity contribution in [2.24, 2.45) is 0 Å². The lowest BCUT2D eigenvalue weighted by molar-refractivity contribution is 0.311. The first-order valence-electron chi connectivity index (χ1n) is 6.72. The van der Waals surface area contributed by atoms with Gasteiger partial charge < -0.3 is 9.80 Å². The zero-order valence-corrected chi connectivity index (χ0v) is 11.8. The summed E-state index contributed by atoms with van der Waals surface area (Å²) in [5.74, 6) is 0.301. The van der Waals surface area contributed by atoms with Crippen molar-refractivity contribution in [2.75, 3.05) is 38.1 Å². The van der Waals surface area contributed by atoms with E-state index < -0.39 is 0 Å². The maximum atomic E-state index is 14.2. The maximum absolute atomic E-state index is 14.2. The molecular formula is C15H23FN2. The molecule has 1 aromatic rings. The van der Waals surface area contributed by atoms with Gasteiger partial charge in [-0.2, -0.15) is 0 Å². The number of benzene rings is 1. The third kappa shape index (κ3) is 2.66. The molecule has 18 heavy (non-hydrogen) atoms. The van der Waals surface area contributed by atoms with Crippen molar-refractivity contribution in [3.05, 3.63) is 29.1 Å². The highest BCUT2D eigenvalue weighted by atomic mass is 19.1. The second-order valence-corrected chi connectivity index (χ2v) is 5.61. The van der Waals surface area contributed by atoms with Crippen molar-refractivity contribution >= 4 is 5.69 Å². The number of hydrogen-bond acceptors (Lipinski definition) is 2. The summed E-state index contributed by atoms with van der Waals surface area (Å²) in [5, 5.41) is 0. The van der Waals surface area contributed by atoms with Crippen molar-refractivity contribution in [1.82, 2.24) is 4.90 Å². The van der Waals surface area contributed by atoms with Crippen molar-refractivity contribution in [1.29, 1.82) is 0 Å². The van der Waals surface area contributed by atoms with Crippen LogP contribution in [0.25, 0.3) is 0 Å². The molecule has 0 atom stereocenters. The molecule has 1 saturated heterocycles. The van der Waals surface area contributed by atoms with Crippen LogP contribution < -0.4 is 4.90 Å². The number of likely N-dealkylation sites (N-methyl/N-ethyl adjacent to an activating group) is 1. The monoisotopic (exact) mass is 250 g/mol. The Hall–Kier alpha value is -1.09.